The number of fused-ring (bicyclic) bond motifs is 6. The van der Waals surface area contributed by atoms with E-state index in [-0.39, 0.29) is 0 Å². The molecule has 11 rings (SSSR count). The van der Waals surface area contributed by atoms with E-state index in [1.165, 1.54) is 4.70 Å². The Hall–Kier alpha value is -7.42. The fraction of sp³-hybridized carbons (Fsp3) is 0. The van der Waals surface area contributed by atoms with Crippen LogP contribution in [-0.2, 0) is 0 Å². The maximum Gasteiger partial charge on any atom is 0.164 e. The fourth-order valence-electron chi connectivity index (χ4n) is 7.21. The van der Waals surface area contributed by atoms with Crippen molar-refractivity contribution in [3.8, 4) is 68.3 Å². The Balaban J connectivity index is 1.02. The van der Waals surface area contributed by atoms with Gasteiger partial charge in [-0.25, -0.2) is 29.9 Å². The largest absolute Gasteiger partial charge is 0.456 e. The van der Waals surface area contributed by atoms with Gasteiger partial charge in [0.15, 0.2) is 34.9 Å². The predicted octanol–water partition coefficient (Wildman–Crippen LogP) is 12.3. The summed E-state index contributed by atoms with van der Waals surface area (Å²) in [6, 6.07) is 57.3. The lowest BCUT2D eigenvalue weighted by Gasteiger charge is -2.09. The van der Waals surface area contributed by atoms with Crippen molar-refractivity contribution in [3.05, 3.63) is 170 Å². The van der Waals surface area contributed by atoms with Crippen LogP contribution in [0.5, 0.6) is 0 Å². The summed E-state index contributed by atoms with van der Waals surface area (Å²) in [6.07, 6.45) is 0. The second-order valence-electron chi connectivity index (χ2n) is 13.5. The van der Waals surface area contributed by atoms with Crippen molar-refractivity contribution in [2.24, 2.45) is 0 Å². The molecule has 11 aromatic rings. The minimum absolute atomic E-state index is 0.600. The average molecular weight is 737 g/mol. The number of hydrogen-bond donors (Lipinski definition) is 0. The summed E-state index contributed by atoms with van der Waals surface area (Å²) in [6.45, 7) is 0. The topological polar surface area (TPSA) is 90.5 Å². The predicted molar refractivity (Wildman–Crippen MR) is 226 cm³/mol. The molecule has 0 amide bonds. The molecule has 0 aliphatic heterocycles. The van der Waals surface area contributed by atoms with Gasteiger partial charge in [-0.3, -0.25) is 0 Å². The number of thiophene rings is 1. The highest BCUT2D eigenvalue weighted by molar-refractivity contribution is 7.25. The first kappa shape index (κ1) is 32.0. The van der Waals surface area contributed by atoms with Crippen LogP contribution in [0.3, 0.4) is 0 Å². The second kappa shape index (κ2) is 13.2. The van der Waals surface area contributed by atoms with Crippen molar-refractivity contribution in [2.75, 3.05) is 0 Å². The van der Waals surface area contributed by atoms with Crippen molar-refractivity contribution in [3.63, 3.8) is 0 Å². The van der Waals surface area contributed by atoms with E-state index < -0.39 is 0 Å². The zero-order valence-electron chi connectivity index (χ0n) is 29.7. The summed E-state index contributed by atoms with van der Waals surface area (Å²) < 4.78 is 8.42. The normalized spacial score (nSPS) is 11.6. The molecule has 56 heavy (non-hydrogen) atoms. The molecule has 0 aliphatic carbocycles. The molecule has 7 aromatic carbocycles. The smallest absolute Gasteiger partial charge is 0.164 e. The summed E-state index contributed by atoms with van der Waals surface area (Å²) in [4.78, 5) is 29.9. The Morgan fingerprint density at radius 3 is 1.29 bits per heavy atom. The van der Waals surface area contributed by atoms with Crippen LogP contribution in [0.4, 0.5) is 0 Å². The van der Waals surface area contributed by atoms with E-state index in [0.717, 1.165) is 70.8 Å². The van der Waals surface area contributed by atoms with Gasteiger partial charge in [0.05, 0.1) is 0 Å². The summed E-state index contributed by atoms with van der Waals surface area (Å²) >= 11 is 1.75. The molecule has 0 radical (unpaired) electrons. The van der Waals surface area contributed by atoms with E-state index in [1.807, 2.05) is 121 Å². The third-order valence-corrected chi connectivity index (χ3v) is 11.1. The summed E-state index contributed by atoms with van der Waals surface area (Å²) in [5, 5.41) is 4.36. The Morgan fingerprint density at radius 2 is 0.714 bits per heavy atom. The fourth-order valence-corrected chi connectivity index (χ4v) is 8.33. The van der Waals surface area contributed by atoms with E-state index in [2.05, 4.69) is 48.5 Å². The summed E-state index contributed by atoms with van der Waals surface area (Å²) in [5.74, 6) is 3.73. The SMILES string of the molecule is c1ccc(-c2nc(-c3ccccc3)nc(-c3ccc4c(c3)sc3ccc(-c5nc(-c6ccccc6)nc(-c6ccc7oc8ccccc8c7c6)n5)cc34)n2)cc1. The standard InChI is InChI=1S/C48H28N6OS/c1-4-12-29(13-5-1)43-49-44(30-14-6-2-7-15-30)53-48(52-43)34-20-23-36-38-27-33(22-25-41(38)56-42(36)28-34)47-51-45(31-16-8-3-9-17-31)50-46(54-47)32-21-24-40-37(26-32)35-18-10-11-19-39(35)55-40/h1-28H. The number of nitrogens with zero attached hydrogens (tertiary/aromatic N) is 6. The van der Waals surface area contributed by atoms with Gasteiger partial charge in [0, 0.05) is 64.3 Å². The molecule has 0 saturated heterocycles. The van der Waals surface area contributed by atoms with Crippen molar-refractivity contribution >= 4 is 53.4 Å². The maximum absolute atomic E-state index is 6.12. The first-order chi connectivity index (χ1) is 27.7. The molecule has 0 saturated carbocycles. The van der Waals surface area contributed by atoms with Gasteiger partial charge in [-0.1, -0.05) is 121 Å². The highest BCUT2D eigenvalue weighted by atomic mass is 32.1. The molecular weight excluding hydrogens is 709 g/mol. The highest BCUT2D eigenvalue weighted by Crippen LogP contribution is 2.39. The van der Waals surface area contributed by atoms with E-state index in [1.54, 1.807) is 11.3 Å². The molecule has 0 bridgehead atoms. The quantitative estimate of drug-likeness (QED) is 0.168. The van der Waals surface area contributed by atoms with Gasteiger partial charge in [-0.2, -0.15) is 0 Å². The Kier molecular flexibility index (Phi) is 7.53. The molecule has 0 N–H and O–H groups in total. The maximum atomic E-state index is 6.12. The molecule has 4 heterocycles. The number of benzene rings is 7. The lowest BCUT2D eigenvalue weighted by molar-refractivity contribution is 0.669. The molecule has 0 unspecified atom stereocenters. The molecule has 0 fully saturated rings. The second-order valence-corrected chi connectivity index (χ2v) is 14.6. The van der Waals surface area contributed by atoms with Gasteiger partial charge < -0.3 is 4.42 Å². The number of furan rings is 1. The Morgan fingerprint density at radius 1 is 0.286 bits per heavy atom. The van der Waals surface area contributed by atoms with Gasteiger partial charge in [0.25, 0.3) is 0 Å². The minimum Gasteiger partial charge on any atom is -0.456 e. The van der Waals surface area contributed by atoms with Crippen LogP contribution in [0.15, 0.2) is 174 Å². The zero-order chi connectivity index (χ0) is 37.0. The molecular formula is C48H28N6OS. The molecule has 262 valence electrons. The van der Waals surface area contributed by atoms with Gasteiger partial charge in [-0.15, -0.1) is 11.3 Å². The van der Waals surface area contributed by atoms with Crippen LogP contribution in [0.2, 0.25) is 0 Å². The monoisotopic (exact) mass is 736 g/mol. The third-order valence-electron chi connectivity index (χ3n) is 9.99. The lowest BCUT2D eigenvalue weighted by atomic mass is 10.1. The van der Waals surface area contributed by atoms with Crippen molar-refractivity contribution in [1.29, 1.82) is 0 Å². The first-order valence-electron chi connectivity index (χ1n) is 18.3. The molecule has 8 heteroatoms. The van der Waals surface area contributed by atoms with Gasteiger partial charge in [0.2, 0.25) is 0 Å². The average Bonchev–Trinajstić information content (AvgIpc) is 3.84. The third kappa shape index (κ3) is 5.68. The minimum atomic E-state index is 0.600. The Labute approximate surface area is 324 Å². The molecule has 4 aromatic heterocycles. The number of rotatable bonds is 6. The first-order valence-corrected chi connectivity index (χ1v) is 19.1. The van der Waals surface area contributed by atoms with Gasteiger partial charge in [-0.05, 0) is 48.5 Å². The summed E-state index contributed by atoms with van der Waals surface area (Å²) in [5.41, 5.74) is 7.22. The van der Waals surface area contributed by atoms with Crippen molar-refractivity contribution < 1.29 is 4.42 Å². The lowest BCUT2D eigenvalue weighted by Crippen LogP contribution is -2.00. The van der Waals surface area contributed by atoms with Gasteiger partial charge in [0.1, 0.15) is 11.2 Å². The number of para-hydroxylation sites is 1. The molecule has 0 spiro atoms. The zero-order valence-corrected chi connectivity index (χ0v) is 30.5. The van der Waals surface area contributed by atoms with E-state index in [4.69, 9.17) is 34.3 Å². The van der Waals surface area contributed by atoms with E-state index in [9.17, 15) is 0 Å². The van der Waals surface area contributed by atoms with Crippen LogP contribution < -0.4 is 0 Å². The van der Waals surface area contributed by atoms with Crippen LogP contribution in [0, 0.1) is 0 Å². The number of aromatic nitrogens is 6. The van der Waals surface area contributed by atoms with Crippen molar-refractivity contribution in [2.45, 2.75) is 0 Å². The van der Waals surface area contributed by atoms with Crippen molar-refractivity contribution in [1.82, 2.24) is 29.9 Å². The van der Waals surface area contributed by atoms with Crippen LogP contribution in [-0.4, -0.2) is 29.9 Å². The van der Waals surface area contributed by atoms with E-state index >= 15 is 0 Å². The molecule has 7 nitrogen and oxygen atoms in total. The number of hydrogen-bond acceptors (Lipinski definition) is 8. The highest BCUT2D eigenvalue weighted by Gasteiger charge is 2.17. The Bertz CT molecular complexity index is 3200. The molecule has 0 atom stereocenters. The van der Waals surface area contributed by atoms with E-state index in [0.29, 0.717) is 34.9 Å². The van der Waals surface area contributed by atoms with Crippen LogP contribution in [0.25, 0.3) is 110 Å². The van der Waals surface area contributed by atoms with Crippen LogP contribution >= 0.6 is 11.3 Å². The van der Waals surface area contributed by atoms with Gasteiger partial charge >= 0.3 is 0 Å². The molecule has 0 aliphatic rings. The van der Waals surface area contributed by atoms with Crippen LogP contribution in [0.1, 0.15) is 0 Å². The summed E-state index contributed by atoms with van der Waals surface area (Å²) in [7, 11) is 0.